The van der Waals surface area contributed by atoms with Crippen molar-refractivity contribution in [1.82, 2.24) is 5.32 Å². The molecule has 2 N–H and O–H groups in total. The van der Waals surface area contributed by atoms with E-state index in [0.717, 1.165) is 6.42 Å². The van der Waals surface area contributed by atoms with Crippen LogP contribution in [0.15, 0.2) is 48.5 Å². The maximum atomic E-state index is 12.5. The first-order chi connectivity index (χ1) is 11.7. The quantitative estimate of drug-likeness (QED) is 0.818. The first-order valence-corrected chi connectivity index (χ1v) is 8.07. The maximum absolute atomic E-state index is 12.5. The monoisotopic (exact) mass is 326 g/mol. The van der Waals surface area contributed by atoms with Crippen LogP contribution in [0.3, 0.4) is 0 Å². The Hall–Kier alpha value is -2.82. The molecule has 24 heavy (non-hydrogen) atoms. The van der Waals surface area contributed by atoms with Gasteiger partial charge in [-0.1, -0.05) is 25.1 Å². The molecule has 0 bridgehead atoms. The topological polar surface area (TPSA) is 67.4 Å². The van der Waals surface area contributed by atoms with E-state index in [9.17, 15) is 9.59 Å². The lowest BCUT2D eigenvalue weighted by molar-refractivity contribution is 0.0953. The maximum Gasteiger partial charge on any atom is 0.255 e. The summed E-state index contributed by atoms with van der Waals surface area (Å²) in [6, 6.07) is 13.9. The molecule has 0 spiro atoms. The number of rotatable bonds is 7. The van der Waals surface area contributed by atoms with Gasteiger partial charge in [0, 0.05) is 17.7 Å². The Balaban J connectivity index is 2.14. The first-order valence-electron chi connectivity index (χ1n) is 8.07. The first kappa shape index (κ1) is 17.5. The molecule has 2 aromatic rings. The minimum Gasteiger partial charge on any atom is -0.492 e. The fourth-order valence-electron chi connectivity index (χ4n) is 2.19. The van der Waals surface area contributed by atoms with Crippen molar-refractivity contribution in [2.75, 3.05) is 18.5 Å². The molecule has 0 aliphatic carbocycles. The van der Waals surface area contributed by atoms with Gasteiger partial charge in [-0.2, -0.15) is 0 Å². The van der Waals surface area contributed by atoms with E-state index in [1.807, 2.05) is 26.0 Å². The summed E-state index contributed by atoms with van der Waals surface area (Å²) in [5.74, 6) is 0.152. The summed E-state index contributed by atoms with van der Waals surface area (Å²) in [4.78, 5) is 24.5. The van der Waals surface area contributed by atoms with Gasteiger partial charge in [0.25, 0.3) is 11.8 Å². The van der Waals surface area contributed by atoms with Gasteiger partial charge in [0.05, 0.1) is 12.3 Å². The third-order valence-corrected chi connectivity index (χ3v) is 3.36. The lowest BCUT2D eigenvalue weighted by Crippen LogP contribution is -2.24. The van der Waals surface area contributed by atoms with Gasteiger partial charge in [-0.3, -0.25) is 9.59 Å². The highest BCUT2D eigenvalue weighted by Gasteiger charge is 2.12. The van der Waals surface area contributed by atoms with Crippen LogP contribution in [0.25, 0.3) is 0 Å². The van der Waals surface area contributed by atoms with Gasteiger partial charge < -0.3 is 15.4 Å². The van der Waals surface area contributed by atoms with Crippen molar-refractivity contribution >= 4 is 17.5 Å². The number of hydrogen-bond acceptors (Lipinski definition) is 3. The standard InChI is InChI=1S/C19H22N2O3/c1-3-12-20-18(22)14-8-7-9-15(13-14)19(23)21-16-10-5-6-11-17(16)24-4-2/h5-11,13H,3-4,12H2,1-2H3,(H,20,22)(H,21,23). The van der Waals surface area contributed by atoms with Crippen LogP contribution in [-0.2, 0) is 0 Å². The van der Waals surface area contributed by atoms with E-state index in [2.05, 4.69) is 10.6 Å². The van der Waals surface area contributed by atoms with Crippen LogP contribution in [0.5, 0.6) is 5.75 Å². The van der Waals surface area contributed by atoms with Crippen LogP contribution in [0, 0.1) is 0 Å². The molecule has 0 aliphatic heterocycles. The van der Waals surface area contributed by atoms with Gasteiger partial charge in [0.1, 0.15) is 5.75 Å². The highest BCUT2D eigenvalue weighted by molar-refractivity contribution is 6.06. The Morgan fingerprint density at radius 2 is 1.67 bits per heavy atom. The predicted molar refractivity (Wildman–Crippen MR) is 94.6 cm³/mol. The highest BCUT2D eigenvalue weighted by atomic mass is 16.5. The molecule has 2 amide bonds. The number of anilines is 1. The summed E-state index contributed by atoms with van der Waals surface area (Å²) in [5.41, 5.74) is 1.49. The molecular formula is C19H22N2O3. The molecule has 0 aliphatic rings. The van der Waals surface area contributed by atoms with E-state index < -0.39 is 0 Å². The average molecular weight is 326 g/mol. The van der Waals surface area contributed by atoms with Crippen molar-refractivity contribution in [1.29, 1.82) is 0 Å². The normalized spacial score (nSPS) is 10.1. The molecule has 2 aromatic carbocycles. The van der Waals surface area contributed by atoms with Crippen LogP contribution < -0.4 is 15.4 Å². The number of para-hydroxylation sites is 2. The van der Waals surface area contributed by atoms with Crippen LogP contribution in [0.4, 0.5) is 5.69 Å². The van der Waals surface area contributed by atoms with E-state index in [1.165, 1.54) is 0 Å². The van der Waals surface area contributed by atoms with Gasteiger partial charge in [0.2, 0.25) is 0 Å². The largest absolute Gasteiger partial charge is 0.492 e. The van der Waals surface area contributed by atoms with Crippen LogP contribution >= 0.6 is 0 Å². The van der Waals surface area contributed by atoms with Crippen LogP contribution in [0.2, 0.25) is 0 Å². The number of hydrogen-bond donors (Lipinski definition) is 2. The number of ether oxygens (including phenoxy) is 1. The molecule has 0 unspecified atom stereocenters. The van der Waals surface area contributed by atoms with E-state index >= 15 is 0 Å². The van der Waals surface area contributed by atoms with Crippen molar-refractivity contribution in [3.63, 3.8) is 0 Å². The summed E-state index contributed by atoms with van der Waals surface area (Å²) in [6.45, 7) is 4.99. The fourth-order valence-corrected chi connectivity index (χ4v) is 2.19. The summed E-state index contributed by atoms with van der Waals surface area (Å²) in [6.07, 6.45) is 0.861. The highest BCUT2D eigenvalue weighted by Crippen LogP contribution is 2.24. The van der Waals surface area contributed by atoms with Crippen molar-refractivity contribution in [3.05, 3.63) is 59.7 Å². The molecule has 0 fully saturated rings. The molecule has 126 valence electrons. The molecular weight excluding hydrogens is 304 g/mol. The number of benzene rings is 2. The summed E-state index contributed by atoms with van der Waals surface area (Å²) >= 11 is 0. The number of nitrogens with one attached hydrogen (secondary N) is 2. The predicted octanol–water partition coefficient (Wildman–Crippen LogP) is 3.48. The van der Waals surface area contributed by atoms with Gasteiger partial charge in [0.15, 0.2) is 0 Å². The molecule has 0 atom stereocenters. The summed E-state index contributed by atoms with van der Waals surface area (Å²) in [5, 5.41) is 5.62. The fraction of sp³-hybridized carbons (Fsp3) is 0.263. The lowest BCUT2D eigenvalue weighted by atomic mass is 10.1. The third kappa shape index (κ3) is 4.59. The zero-order chi connectivity index (χ0) is 17.4. The smallest absolute Gasteiger partial charge is 0.255 e. The Kier molecular flexibility index (Phi) is 6.37. The lowest BCUT2D eigenvalue weighted by Gasteiger charge is -2.11. The number of carbonyl (C=O) groups is 2. The second-order valence-electron chi connectivity index (χ2n) is 5.22. The second kappa shape index (κ2) is 8.72. The van der Waals surface area contributed by atoms with Gasteiger partial charge in [-0.15, -0.1) is 0 Å². The van der Waals surface area contributed by atoms with E-state index in [4.69, 9.17) is 4.74 Å². The van der Waals surface area contributed by atoms with Gasteiger partial charge in [-0.05, 0) is 43.7 Å². The van der Waals surface area contributed by atoms with Crippen LogP contribution in [-0.4, -0.2) is 25.0 Å². The third-order valence-electron chi connectivity index (χ3n) is 3.36. The van der Waals surface area contributed by atoms with Crippen molar-refractivity contribution in [2.45, 2.75) is 20.3 Å². The zero-order valence-electron chi connectivity index (χ0n) is 14.0. The molecule has 0 saturated heterocycles. The Bertz CT molecular complexity index is 713. The van der Waals surface area contributed by atoms with E-state index in [-0.39, 0.29) is 11.8 Å². The molecule has 0 radical (unpaired) electrons. The summed E-state index contributed by atoms with van der Waals surface area (Å²) in [7, 11) is 0. The van der Waals surface area contributed by atoms with Crippen molar-refractivity contribution < 1.29 is 14.3 Å². The molecule has 5 nitrogen and oxygen atoms in total. The van der Waals surface area contributed by atoms with E-state index in [0.29, 0.717) is 35.7 Å². The van der Waals surface area contributed by atoms with Gasteiger partial charge in [-0.25, -0.2) is 0 Å². The number of amides is 2. The van der Waals surface area contributed by atoms with Crippen molar-refractivity contribution in [2.24, 2.45) is 0 Å². The molecule has 0 saturated carbocycles. The summed E-state index contributed by atoms with van der Waals surface area (Å²) < 4.78 is 5.50. The van der Waals surface area contributed by atoms with Crippen molar-refractivity contribution in [3.8, 4) is 5.75 Å². The Morgan fingerprint density at radius 1 is 0.958 bits per heavy atom. The molecule has 0 aromatic heterocycles. The molecule has 5 heteroatoms. The SMILES string of the molecule is CCCNC(=O)c1cccc(C(=O)Nc2ccccc2OCC)c1. The second-order valence-corrected chi connectivity index (χ2v) is 5.22. The number of carbonyl (C=O) groups excluding carboxylic acids is 2. The Morgan fingerprint density at radius 3 is 2.38 bits per heavy atom. The van der Waals surface area contributed by atoms with Crippen LogP contribution in [0.1, 0.15) is 41.0 Å². The molecule has 0 heterocycles. The molecule has 2 rings (SSSR count). The van der Waals surface area contributed by atoms with E-state index in [1.54, 1.807) is 36.4 Å². The zero-order valence-corrected chi connectivity index (χ0v) is 14.0. The Labute approximate surface area is 142 Å². The minimum atomic E-state index is -0.285. The van der Waals surface area contributed by atoms with Gasteiger partial charge >= 0.3 is 0 Å². The minimum absolute atomic E-state index is 0.179. The average Bonchev–Trinajstić information content (AvgIpc) is 2.61.